The molecule has 2 aromatic rings. The summed E-state index contributed by atoms with van der Waals surface area (Å²) in [6.07, 6.45) is 1.17. The Hall–Kier alpha value is -1.39. The molecule has 1 amide bonds. The summed E-state index contributed by atoms with van der Waals surface area (Å²) in [4.78, 5) is 16.1. The molecule has 0 saturated carbocycles. The Morgan fingerprint density at radius 3 is 2.74 bits per heavy atom. The highest BCUT2D eigenvalue weighted by Crippen LogP contribution is 2.10. The van der Waals surface area contributed by atoms with Crippen molar-refractivity contribution < 1.29 is 4.79 Å². The summed E-state index contributed by atoms with van der Waals surface area (Å²) in [6.45, 7) is 2.60. The molecule has 1 heterocycles. The highest BCUT2D eigenvalue weighted by Gasteiger charge is 2.04. The van der Waals surface area contributed by atoms with E-state index < -0.39 is 0 Å². The van der Waals surface area contributed by atoms with Crippen molar-refractivity contribution in [3.63, 3.8) is 0 Å². The Morgan fingerprint density at radius 1 is 1.37 bits per heavy atom. The maximum absolute atomic E-state index is 11.7. The van der Waals surface area contributed by atoms with Gasteiger partial charge in [-0.25, -0.2) is 4.98 Å². The van der Waals surface area contributed by atoms with Crippen LogP contribution in [0, 0.1) is 6.92 Å². The monoisotopic (exact) mass is 294 g/mol. The van der Waals surface area contributed by atoms with Crippen LogP contribution in [0.3, 0.4) is 0 Å². The number of hydrogen-bond acceptors (Lipinski definition) is 3. The van der Waals surface area contributed by atoms with Gasteiger partial charge in [0.2, 0.25) is 5.91 Å². The first-order valence-corrected chi connectivity index (χ1v) is 7.31. The highest BCUT2D eigenvalue weighted by molar-refractivity contribution is 7.09. The van der Waals surface area contributed by atoms with E-state index in [1.54, 1.807) is 23.5 Å². The molecule has 3 nitrogen and oxygen atoms in total. The van der Waals surface area contributed by atoms with Crippen molar-refractivity contribution in [3.05, 3.63) is 50.9 Å². The van der Waals surface area contributed by atoms with Crippen molar-refractivity contribution in [3.8, 4) is 0 Å². The molecule has 2 rings (SSSR count). The lowest BCUT2D eigenvalue weighted by atomic mass is 10.1. The van der Waals surface area contributed by atoms with Gasteiger partial charge in [-0.1, -0.05) is 23.7 Å². The SMILES string of the molecule is Cc1csc(CCNC(=O)Cc2ccc(Cl)cc2)n1. The quantitative estimate of drug-likeness (QED) is 0.921. The fourth-order valence-electron chi connectivity index (χ4n) is 1.68. The number of benzene rings is 1. The molecule has 0 atom stereocenters. The van der Waals surface area contributed by atoms with Crippen LogP contribution >= 0.6 is 22.9 Å². The van der Waals surface area contributed by atoms with E-state index >= 15 is 0 Å². The minimum Gasteiger partial charge on any atom is -0.355 e. The van der Waals surface area contributed by atoms with Crippen LogP contribution in [0.1, 0.15) is 16.3 Å². The largest absolute Gasteiger partial charge is 0.355 e. The molecule has 0 fully saturated rings. The minimum atomic E-state index is 0.0237. The molecule has 5 heteroatoms. The Kier molecular flexibility index (Phi) is 4.93. The van der Waals surface area contributed by atoms with E-state index in [-0.39, 0.29) is 5.91 Å². The van der Waals surface area contributed by atoms with E-state index in [1.165, 1.54) is 0 Å². The summed E-state index contributed by atoms with van der Waals surface area (Å²) in [5, 5.41) is 6.66. The van der Waals surface area contributed by atoms with Crippen molar-refractivity contribution in [1.29, 1.82) is 0 Å². The van der Waals surface area contributed by atoms with E-state index in [1.807, 2.05) is 24.4 Å². The summed E-state index contributed by atoms with van der Waals surface area (Å²) < 4.78 is 0. The Morgan fingerprint density at radius 2 is 2.11 bits per heavy atom. The molecule has 0 aliphatic heterocycles. The predicted molar refractivity (Wildman–Crippen MR) is 78.7 cm³/mol. The van der Waals surface area contributed by atoms with Gasteiger partial charge in [0.15, 0.2) is 0 Å². The topological polar surface area (TPSA) is 42.0 Å². The summed E-state index contributed by atoms with van der Waals surface area (Å²) in [6, 6.07) is 7.32. The number of carbonyl (C=O) groups excluding carboxylic acids is 1. The van der Waals surface area contributed by atoms with Gasteiger partial charge in [0.05, 0.1) is 11.4 Å². The second kappa shape index (κ2) is 6.68. The number of rotatable bonds is 5. The van der Waals surface area contributed by atoms with E-state index in [0.717, 1.165) is 22.7 Å². The summed E-state index contributed by atoms with van der Waals surface area (Å²) in [5.74, 6) is 0.0237. The molecule has 0 bridgehead atoms. The first-order chi connectivity index (χ1) is 9.13. The molecule has 19 heavy (non-hydrogen) atoms. The number of halogens is 1. The maximum Gasteiger partial charge on any atom is 0.224 e. The third kappa shape index (κ3) is 4.65. The molecule has 0 unspecified atom stereocenters. The Bertz CT molecular complexity index is 551. The second-order valence-corrected chi connectivity index (χ2v) is 5.66. The molecule has 1 aromatic heterocycles. The van der Waals surface area contributed by atoms with Gasteiger partial charge in [-0.15, -0.1) is 11.3 Å². The lowest BCUT2D eigenvalue weighted by molar-refractivity contribution is -0.120. The Balaban J connectivity index is 1.74. The predicted octanol–water partition coefficient (Wildman–Crippen LogP) is 3.01. The van der Waals surface area contributed by atoms with Gasteiger partial charge in [-0.3, -0.25) is 4.79 Å². The van der Waals surface area contributed by atoms with Crippen LogP contribution < -0.4 is 5.32 Å². The number of aromatic nitrogens is 1. The Labute approximate surface area is 121 Å². The van der Waals surface area contributed by atoms with E-state index in [9.17, 15) is 4.79 Å². The van der Waals surface area contributed by atoms with Crippen molar-refractivity contribution in [2.45, 2.75) is 19.8 Å². The summed E-state index contributed by atoms with van der Waals surface area (Å²) in [7, 11) is 0. The lowest BCUT2D eigenvalue weighted by Gasteiger charge is -2.04. The fourth-order valence-corrected chi connectivity index (χ4v) is 2.58. The molecule has 1 aromatic carbocycles. The smallest absolute Gasteiger partial charge is 0.224 e. The fraction of sp³-hybridized carbons (Fsp3) is 0.286. The van der Waals surface area contributed by atoms with Crippen LogP contribution in [0.15, 0.2) is 29.6 Å². The first kappa shape index (κ1) is 14.0. The van der Waals surface area contributed by atoms with Gasteiger partial charge in [0, 0.05) is 29.1 Å². The van der Waals surface area contributed by atoms with Gasteiger partial charge in [0.25, 0.3) is 0 Å². The van der Waals surface area contributed by atoms with Crippen molar-refractivity contribution >= 4 is 28.8 Å². The molecule has 0 saturated heterocycles. The molecular formula is C14H15ClN2OS. The third-order valence-electron chi connectivity index (χ3n) is 2.61. The molecule has 0 radical (unpaired) electrons. The maximum atomic E-state index is 11.7. The zero-order valence-electron chi connectivity index (χ0n) is 10.6. The average Bonchev–Trinajstić information content (AvgIpc) is 2.78. The van der Waals surface area contributed by atoms with Crippen molar-refractivity contribution in [1.82, 2.24) is 10.3 Å². The van der Waals surface area contributed by atoms with Crippen molar-refractivity contribution in [2.75, 3.05) is 6.54 Å². The standard InChI is InChI=1S/C14H15ClN2OS/c1-10-9-19-14(17-10)6-7-16-13(18)8-11-2-4-12(15)5-3-11/h2-5,9H,6-8H2,1H3,(H,16,18). The van der Waals surface area contributed by atoms with Crippen LogP contribution in [-0.2, 0) is 17.6 Å². The van der Waals surface area contributed by atoms with Gasteiger partial charge in [-0.05, 0) is 24.6 Å². The number of aryl methyl sites for hydroxylation is 1. The van der Waals surface area contributed by atoms with E-state index in [2.05, 4.69) is 10.3 Å². The van der Waals surface area contributed by atoms with E-state index in [4.69, 9.17) is 11.6 Å². The zero-order valence-corrected chi connectivity index (χ0v) is 12.2. The zero-order chi connectivity index (χ0) is 13.7. The molecule has 0 aliphatic rings. The number of amides is 1. The molecule has 0 spiro atoms. The first-order valence-electron chi connectivity index (χ1n) is 6.05. The van der Waals surface area contributed by atoms with Gasteiger partial charge in [-0.2, -0.15) is 0 Å². The molecular weight excluding hydrogens is 280 g/mol. The third-order valence-corrected chi connectivity index (χ3v) is 3.88. The van der Waals surface area contributed by atoms with Crippen LogP contribution in [0.2, 0.25) is 5.02 Å². The number of nitrogens with one attached hydrogen (secondary N) is 1. The average molecular weight is 295 g/mol. The summed E-state index contributed by atoms with van der Waals surface area (Å²) in [5.41, 5.74) is 2.00. The highest BCUT2D eigenvalue weighted by atomic mass is 35.5. The summed E-state index contributed by atoms with van der Waals surface area (Å²) >= 11 is 7.43. The molecule has 100 valence electrons. The van der Waals surface area contributed by atoms with Gasteiger partial charge >= 0.3 is 0 Å². The van der Waals surface area contributed by atoms with Crippen LogP contribution in [0.5, 0.6) is 0 Å². The number of carbonyl (C=O) groups is 1. The normalized spacial score (nSPS) is 10.4. The van der Waals surface area contributed by atoms with Crippen LogP contribution in [0.4, 0.5) is 0 Å². The second-order valence-electron chi connectivity index (χ2n) is 4.29. The minimum absolute atomic E-state index is 0.0237. The van der Waals surface area contributed by atoms with Gasteiger partial charge in [0.1, 0.15) is 0 Å². The van der Waals surface area contributed by atoms with Gasteiger partial charge < -0.3 is 5.32 Å². The lowest BCUT2D eigenvalue weighted by Crippen LogP contribution is -2.27. The number of nitrogens with zero attached hydrogens (tertiary/aromatic N) is 1. The molecule has 0 aliphatic carbocycles. The van der Waals surface area contributed by atoms with E-state index in [0.29, 0.717) is 18.0 Å². The van der Waals surface area contributed by atoms with Crippen LogP contribution in [0.25, 0.3) is 0 Å². The molecule has 1 N–H and O–H groups in total. The van der Waals surface area contributed by atoms with Crippen LogP contribution in [-0.4, -0.2) is 17.4 Å². The van der Waals surface area contributed by atoms with Crippen molar-refractivity contribution in [2.24, 2.45) is 0 Å². The number of thiazole rings is 1. The number of hydrogen-bond donors (Lipinski definition) is 1.